The van der Waals surface area contributed by atoms with Crippen molar-refractivity contribution in [3.8, 4) is 12.3 Å². The van der Waals surface area contributed by atoms with Crippen LogP contribution < -0.4 is 0 Å². The number of aliphatic carboxylic acids is 1. The van der Waals surface area contributed by atoms with Gasteiger partial charge in [0.15, 0.2) is 0 Å². The molecule has 1 N–H and O–H groups in total. The summed E-state index contributed by atoms with van der Waals surface area (Å²) in [6, 6.07) is 0. The van der Waals surface area contributed by atoms with E-state index in [9.17, 15) is 9.59 Å². The van der Waals surface area contributed by atoms with Crippen molar-refractivity contribution in [3.63, 3.8) is 0 Å². The summed E-state index contributed by atoms with van der Waals surface area (Å²) in [7, 11) is 1.61. The SMILES string of the molecule is C#CCN(C)C(=O)[C@@H]1CCC[C@@H]1C(=O)O. The fourth-order valence-electron chi connectivity index (χ4n) is 2.05. The molecule has 82 valence electrons. The lowest BCUT2D eigenvalue weighted by Crippen LogP contribution is -2.36. The first-order chi connectivity index (χ1) is 7.07. The van der Waals surface area contributed by atoms with Gasteiger partial charge >= 0.3 is 5.97 Å². The molecular formula is C11H15NO3. The Morgan fingerprint density at radius 2 is 2.07 bits per heavy atom. The Hall–Kier alpha value is -1.50. The maximum Gasteiger partial charge on any atom is 0.307 e. The number of carbonyl (C=O) groups is 2. The van der Waals surface area contributed by atoms with E-state index >= 15 is 0 Å². The second-order valence-electron chi connectivity index (χ2n) is 3.88. The van der Waals surface area contributed by atoms with Gasteiger partial charge in [-0.25, -0.2) is 0 Å². The van der Waals surface area contributed by atoms with Crippen molar-refractivity contribution < 1.29 is 14.7 Å². The van der Waals surface area contributed by atoms with Crippen LogP contribution in [0.1, 0.15) is 19.3 Å². The molecule has 0 bridgehead atoms. The molecule has 1 aliphatic rings. The Kier molecular flexibility index (Phi) is 3.73. The lowest BCUT2D eigenvalue weighted by Gasteiger charge is -2.21. The zero-order valence-electron chi connectivity index (χ0n) is 8.77. The molecule has 0 radical (unpaired) electrons. The van der Waals surface area contributed by atoms with Crippen LogP contribution in [0.5, 0.6) is 0 Å². The number of carboxylic acids is 1. The number of hydrogen-bond acceptors (Lipinski definition) is 2. The highest BCUT2D eigenvalue weighted by Crippen LogP contribution is 2.33. The van der Waals surface area contributed by atoms with Gasteiger partial charge in [0.2, 0.25) is 5.91 Å². The molecular weight excluding hydrogens is 194 g/mol. The second-order valence-corrected chi connectivity index (χ2v) is 3.88. The first-order valence-electron chi connectivity index (χ1n) is 4.99. The first kappa shape index (κ1) is 11.6. The van der Waals surface area contributed by atoms with Crippen LogP contribution in [0.25, 0.3) is 0 Å². The highest BCUT2D eigenvalue weighted by atomic mass is 16.4. The van der Waals surface area contributed by atoms with E-state index in [1.54, 1.807) is 7.05 Å². The van der Waals surface area contributed by atoms with E-state index in [2.05, 4.69) is 5.92 Å². The Balaban J connectivity index is 2.67. The van der Waals surface area contributed by atoms with Crippen molar-refractivity contribution in [1.29, 1.82) is 0 Å². The molecule has 0 aromatic rings. The minimum atomic E-state index is -0.875. The van der Waals surface area contributed by atoms with E-state index < -0.39 is 11.9 Å². The van der Waals surface area contributed by atoms with E-state index in [1.165, 1.54) is 4.90 Å². The van der Waals surface area contributed by atoms with Gasteiger partial charge in [0.1, 0.15) is 0 Å². The molecule has 2 atom stereocenters. The van der Waals surface area contributed by atoms with Crippen LogP contribution >= 0.6 is 0 Å². The average Bonchev–Trinajstić information content (AvgIpc) is 2.65. The number of amides is 1. The van der Waals surface area contributed by atoms with Gasteiger partial charge < -0.3 is 10.0 Å². The van der Waals surface area contributed by atoms with Crippen LogP contribution in [0.2, 0.25) is 0 Å². The van der Waals surface area contributed by atoms with Gasteiger partial charge in [-0.05, 0) is 12.8 Å². The fraction of sp³-hybridized carbons (Fsp3) is 0.636. The molecule has 1 saturated carbocycles. The Labute approximate surface area is 89.3 Å². The lowest BCUT2D eigenvalue weighted by molar-refractivity contribution is -0.148. The van der Waals surface area contributed by atoms with Gasteiger partial charge in [0.05, 0.1) is 18.4 Å². The van der Waals surface area contributed by atoms with Gasteiger partial charge in [-0.1, -0.05) is 12.3 Å². The number of nitrogens with zero attached hydrogens (tertiary/aromatic N) is 1. The predicted octanol–water partition coefficient (Wildman–Crippen LogP) is 0.579. The highest BCUT2D eigenvalue weighted by molar-refractivity contribution is 5.85. The van der Waals surface area contributed by atoms with E-state index in [-0.39, 0.29) is 18.4 Å². The molecule has 1 aliphatic carbocycles. The molecule has 0 aliphatic heterocycles. The molecule has 1 amide bonds. The third-order valence-electron chi connectivity index (χ3n) is 2.86. The van der Waals surface area contributed by atoms with E-state index in [0.717, 1.165) is 6.42 Å². The summed E-state index contributed by atoms with van der Waals surface area (Å²) in [6.45, 7) is 0.238. The van der Waals surface area contributed by atoms with Gasteiger partial charge in [0.25, 0.3) is 0 Å². The summed E-state index contributed by atoms with van der Waals surface area (Å²) in [6.07, 6.45) is 7.15. The summed E-state index contributed by atoms with van der Waals surface area (Å²) < 4.78 is 0. The lowest BCUT2D eigenvalue weighted by atomic mass is 9.95. The summed E-state index contributed by atoms with van der Waals surface area (Å²) in [5.41, 5.74) is 0. The Bertz CT molecular complexity index is 305. The molecule has 1 rings (SSSR count). The maximum absolute atomic E-state index is 11.8. The standard InChI is InChI=1S/C11H15NO3/c1-3-7-12(2)10(13)8-5-4-6-9(8)11(14)15/h1,8-9H,4-7H2,2H3,(H,14,15)/t8-,9+/m1/s1. The summed E-state index contributed by atoms with van der Waals surface area (Å²) in [4.78, 5) is 24.1. The summed E-state index contributed by atoms with van der Waals surface area (Å²) in [5, 5.41) is 8.93. The molecule has 15 heavy (non-hydrogen) atoms. The van der Waals surface area contributed by atoms with Crippen LogP contribution in [0.4, 0.5) is 0 Å². The van der Waals surface area contributed by atoms with Gasteiger partial charge in [0, 0.05) is 7.05 Å². The maximum atomic E-state index is 11.8. The fourth-order valence-corrected chi connectivity index (χ4v) is 2.05. The largest absolute Gasteiger partial charge is 0.481 e. The molecule has 0 aromatic carbocycles. The van der Waals surface area contributed by atoms with Crippen molar-refractivity contribution >= 4 is 11.9 Å². The molecule has 0 aromatic heterocycles. The zero-order chi connectivity index (χ0) is 11.4. The van der Waals surface area contributed by atoms with Crippen molar-refractivity contribution in [1.82, 2.24) is 4.90 Å². The summed E-state index contributed by atoms with van der Waals surface area (Å²) in [5.74, 6) is 0.440. The van der Waals surface area contributed by atoms with E-state index in [1.807, 2.05) is 0 Å². The van der Waals surface area contributed by atoms with Crippen LogP contribution in [-0.4, -0.2) is 35.5 Å². The van der Waals surface area contributed by atoms with Crippen molar-refractivity contribution in [2.45, 2.75) is 19.3 Å². The Morgan fingerprint density at radius 1 is 1.47 bits per heavy atom. The smallest absolute Gasteiger partial charge is 0.307 e. The Morgan fingerprint density at radius 3 is 2.60 bits per heavy atom. The molecule has 1 fully saturated rings. The van der Waals surface area contributed by atoms with Crippen molar-refractivity contribution in [3.05, 3.63) is 0 Å². The molecule has 4 nitrogen and oxygen atoms in total. The molecule has 0 saturated heterocycles. The van der Waals surface area contributed by atoms with Gasteiger partial charge in [-0.2, -0.15) is 0 Å². The highest BCUT2D eigenvalue weighted by Gasteiger charge is 2.38. The first-order valence-corrected chi connectivity index (χ1v) is 4.99. The van der Waals surface area contributed by atoms with Crippen LogP contribution in [-0.2, 0) is 9.59 Å². The van der Waals surface area contributed by atoms with Gasteiger partial charge in [-0.15, -0.1) is 6.42 Å². The minimum absolute atomic E-state index is 0.141. The number of carbonyl (C=O) groups excluding carboxylic acids is 1. The number of carboxylic acid groups (broad SMARTS) is 1. The van der Waals surface area contributed by atoms with Crippen LogP contribution in [0, 0.1) is 24.2 Å². The molecule has 0 unspecified atom stereocenters. The summed E-state index contributed by atoms with van der Waals surface area (Å²) >= 11 is 0. The normalized spacial score (nSPS) is 24.5. The number of hydrogen-bond donors (Lipinski definition) is 1. The predicted molar refractivity (Wildman–Crippen MR) is 54.9 cm³/mol. The average molecular weight is 209 g/mol. The topological polar surface area (TPSA) is 57.6 Å². The van der Waals surface area contributed by atoms with Crippen LogP contribution in [0.15, 0.2) is 0 Å². The monoisotopic (exact) mass is 209 g/mol. The van der Waals surface area contributed by atoms with E-state index in [4.69, 9.17) is 11.5 Å². The van der Waals surface area contributed by atoms with Gasteiger partial charge in [-0.3, -0.25) is 9.59 Å². The number of terminal acetylenes is 1. The minimum Gasteiger partial charge on any atom is -0.481 e. The molecule has 0 heterocycles. The molecule has 4 heteroatoms. The molecule has 0 spiro atoms. The van der Waals surface area contributed by atoms with Crippen LogP contribution in [0.3, 0.4) is 0 Å². The van der Waals surface area contributed by atoms with E-state index in [0.29, 0.717) is 12.8 Å². The number of rotatable bonds is 3. The second kappa shape index (κ2) is 4.83. The third kappa shape index (κ3) is 2.50. The van der Waals surface area contributed by atoms with Crippen molar-refractivity contribution in [2.75, 3.05) is 13.6 Å². The zero-order valence-corrected chi connectivity index (χ0v) is 8.77. The third-order valence-corrected chi connectivity index (χ3v) is 2.86. The van der Waals surface area contributed by atoms with Crippen molar-refractivity contribution in [2.24, 2.45) is 11.8 Å². The quantitative estimate of drug-likeness (QED) is 0.692.